The summed E-state index contributed by atoms with van der Waals surface area (Å²) < 4.78 is 26.7. The van der Waals surface area contributed by atoms with Crippen molar-refractivity contribution in [1.29, 1.82) is 0 Å². The van der Waals surface area contributed by atoms with Crippen LogP contribution in [0, 0.1) is 21.7 Å². The molecule has 1 aliphatic carbocycles. The molecule has 1 N–H and O–H groups in total. The maximum atomic E-state index is 13.5. The minimum absolute atomic E-state index is 0.00926. The molecule has 0 atom stereocenters. The highest BCUT2D eigenvalue weighted by atomic mass is 19.1. The highest BCUT2D eigenvalue weighted by molar-refractivity contribution is 5.53. The maximum Gasteiger partial charge on any atom is 0.307 e. The number of benzene rings is 1. The number of nitro groups is 1. The van der Waals surface area contributed by atoms with Gasteiger partial charge < -0.3 is 5.32 Å². The van der Waals surface area contributed by atoms with Gasteiger partial charge in [-0.05, 0) is 12.8 Å². The third kappa shape index (κ3) is 2.75. The van der Waals surface area contributed by atoms with Crippen LogP contribution in [-0.4, -0.2) is 11.0 Å². The summed E-state index contributed by atoms with van der Waals surface area (Å²) in [4.78, 5) is 9.75. The second-order valence-electron chi connectivity index (χ2n) is 4.52. The number of nitrogens with one attached hydrogen (secondary N) is 1. The fourth-order valence-corrected chi connectivity index (χ4v) is 2.25. The molecule has 0 unspecified atom stereocenters. The topological polar surface area (TPSA) is 55.2 Å². The van der Waals surface area contributed by atoms with Crippen molar-refractivity contribution >= 4 is 11.4 Å². The Labute approximate surface area is 103 Å². The third-order valence-electron chi connectivity index (χ3n) is 3.20. The Hall–Kier alpha value is -1.72. The summed E-state index contributed by atoms with van der Waals surface area (Å²) in [5, 5.41) is 13.5. The Morgan fingerprint density at radius 1 is 1.17 bits per heavy atom. The standard InChI is InChI=1S/C12H14F2N2O2/c13-9-6-10(14)12(16(17)18)7-11(9)15-8-4-2-1-3-5-8/h6-8,15H,1-5H2. The van der Waals surface area contributed by atoms with E-state index in [-0.39, 0.29) is 11.7 Å². The van der Waals surface area contributed by atoms with Gasteiger partial charge in [0, 0.05) is 18.2 Å². The highest BCUT2D eigenvalue weighted by Gasteiger charge is 2.21. The summed E-state index contributed by atoms with van der Waals surface area (Å²) in [5.41, 5.74) is -0.690. The Morgan fingerprint density at radius 2 is 1.83 bits per heavy atom. The molecule has 0 amide bonds. The summed E-state index contributed by atoms with van der Waals surface area (Å²) in [5.74, 6) is -1.93. The molecule has 0 radical (unpaired) electrons. The van der Waals surface area contributed by atoms with E-state index in [4.69, 9.17) is 0 Å². The molecule has 4 nitrogen and oxygen atoms in total. The Morgan fingerprint density at radius 3 is 2.44 bits per heavy atom. The van der Waals surface area contributed by atoms with Crippen LogP contribution in [-0.2, 0) is 0 Å². The molecule has 0 aromatic heterocycles. The van der Waals surface area contributed by atoms with E-state index in [2.05, 4.69) is 5.32 Å². The molecule has 2 rings (SSSR count). The fourth-order valence-electron chi connectivity index (χ4n) is 2.25. The number of anilines is 1. The first-order chi connectivity index (χ1) is 8.58. The summed E-state index contributed by atoms with van der Waals surface area (Å²) in [6.07, 6.45) is 5.09. The van der Waals surface area contributed by atoms with Crippen LogP contribution in [0.3, 0.4) is 0 Å². The van der Waals surface area contributed by atoms with E-state index in [0.717, 1.165) is 38.2 Å². The van der Waals surface area contributed by atoms with E-state index in [1.165, 1.54) is 0 Å². The Kier molecular flexibility index (Phi) is 3.74. The van der Waals surface area contributed by atoms with Crippen LogP contribution in [0.15, 0.2) is 12.1 Å². The first kappa shape index (κ1) is 12.7. The molecule has 0 heterocycles. The zero-order valence-corrected chi connectivity index (χ0v) is 9.79. The predicted molar refractivity (Wildman–Crippen MR) is 63.5 cm³/mol. The van der Waals surface area contributed by atoms with Gasteiger partial charge in [0.05, 0.1) is 10.6 Å². The molecule has 0 spiro atoms. The summed E-state index contributed by atoms with van der Waals surface area (Å²) >= 11 is 0. The molecule has 1 fully saturated rings. The average molecular weight is 256 g/mol. The fraction of sp³-hybridized carbons (Fsp3) is 0.500. The van der Waals surface area contributed by atoms with Crippen molar-refractivity contribution in [3.63, 3.8) is 0 Å². The normalized spacial score (nSPS) is 16.6. The van der Waals surface area contributed by atoms with Crippen LogP contribution in [0.2, 0.25) is 0 Å². The molecule has 1 aliphatic rings. The van der Waals surface area contributed by atoms with Gasteiger partial charge >= 0.3 is 5.69 Å². The van der Waals surface area contributed by atoms with Gasteiger partial charge in [0.2, 0.25) is 5.82 Å². The minimum Gasteiger partial charge on any atom is -0.380 e. The number of nitrogens with zero attached hydrogens (tertiary/aromatic N) is 1. The SMILES string of the molecule is O=[N+]([O-])c1cc(NC2CCCCC2)c(F)cc1F. The van der Waals surface area contributed by atoms with Crippen LogP contribution in [0.5, 0.6) is 0 Å². The number of halogens is 2. The van der Waals surface area contributed by atoms with Gasteiger partial charge in [-0.3, -0.25) is 10.1 Å². The van der Waals surface area contributed by atoms with Gasteiger partial charge in [0.25, 0.3) is 0 Å². The number of hydrogen-bond donors (Lipinski definition) is 1. The molecule has 0 bridgehead atoms. The monoisotopic (exact) mass is 256 g/mol. The van der Waals surface area contributed by atoms with Gasteiger partial charge in [-0.15, -0.1) is 0 Å². The van der Waals surface area contributed by atoms with Crippen molar-refractivity contribution in [3.8, 4) is 0 Å². The lowest BCUT2D eigenvalue weighted by molar-refractivity contribution is -0.387. The van der Waals surface area contributed by atoms with Crippen molar-refractivity contribution in [2.75, 3.05) is 5.32 Å². The number of nitro benzene ring substituents is 1. The lowest BCUT2D eigenvalue weighted by Crippen LogP contribution is -2.23. The summed E-state index contributed by atoms with van der Waals surface area (Å²) in [6, 6.07) is 1.60. The number of hydrogen-bond acceptors (Lipinski definition) is 3. The maximum absolute atomic E-state index is 13.5. The molecule has 1 saturated carbocycles. The van der Waals surface area contributed by atoms with Crippen LogP contribution < -0.4 is 5.32 Å². The molecule has 6 heteroatoms. The molecular weight excluding hydrogens is 242 g/mol. The van der Waals surface area contributed by atoms with E-state index in [0.29, 0.717) is 6.07 Å². The van der Waals surface area contributed by atoms with Gasteiger partial charge in [0.1, 0.15) is 5.82 Å². The van der Waals surface area contributed by atoms with Gasteiger partial charge in [-0.2, -0.15) is 4.39 Å². The van der Waals surface area contributed by atoms with E-state index in [1.807, 2.05) is 0 Å². The van der Waals surface area contributed by atoms with Crippen LogP contribution >= 0.6 is 0 Å². The van der Waals surface area contributed by atoms with Crippen molar-refractivity contribution in [3.05, 3.63) is 33.9 Å². The van der Waals surface area contributed by atoms with E-state index < -0.39 is 22.2 Å². The van der Waals surface area contributed by atoms with E-state index in [1.54, 1.807) is 0 Å². The Balaban J connectivity index is 2.21. The second kappa shape index (κ2) is 5.29. The summed E-state index contributed by atoms with van der Waals surface area (Å²) in [7, 11) is 0. The molecule has 1 aromatic rings. The molecule has 0 saturated heterocycles. The molecule has 0 aliphatic heterocycles. The molecular formula is C12H14F2N2O2. The van der Waals surface area contributed by atoms with Crippen LogP contribution in [0.1, 0.15) is 32.1 Å². The summed E-state index contributed by atoms with van der Waals surface area (Å²) in [6.45, 7) is 0. The lowest BCUT2D eigenvalue weighted by Gasteiger charge is -2.23. The average Bonchev–Trinajstić information content (AvgIpc) is 2.33. The van der Waals surface area contributed by atoms with Gasteiger partial charge in [-0.25, -0.2) is 4.39 Å². The van der Waals surface area contributed by atoms with Crippen molar-refractivity contribution < 1.29 is 13.7 Å². The first-order valence-electron chi connectivity index (χ1n) is 5.98. The second-order valence-corrected chi connectivity index (χ2v) is 4.52. The quantitative estimate of drug-likeness (QED) is 0.663. The molecule has 98 valence electrons. The van der Waals surface area contributed by atoms with Crippen LogP contribution in [0.25, 0.3) is 0 Å². The van der Waals surface area contributed by atoms with E-state index >= 15 is 0 Å². The number of rotatable bonds is 3. The van der Waals surface area contributed by atoms with Gasteiger partial charge in [0.15, 0.2) is 0 Å². The van der Waals surface area contributed by atoms with Crippen molar-refractivity contribution in [2.24, 2.45) is 0 Å². The first-order valence-corrected chi connectivity index (χ1v) is 5.98. The van der Waals surface area contributed by atoms with Crippen LogP contribution in [0.4, 0.5) is 20.2 Å². The van der Waals surface area contributed by atoms with E-state index in [9.17, 15) is 18.9 Å². The zero-order chi connectivity index (χ0) is 13.1. The Bertz CT molecular complexity index is 460. The lowest BCUT2D eigenvalue weighted by atomic mass is 9.95. The molecule has 18 heavy (non-hydrogen) atoms. The largest absolute Gasteiger partial charge is 0.380 e. The molecule has 1 aromatic carbocycles. The predicted octanol–water partition coefficient (Wildman–Crippen LogP) is 3.62. The smallest absolute Gasteiger partial charge is 0.307 e. The highest BCUT2D eigenvalue weighted by Crippen LogP contribution is 2.28. The minimum atomic E-state index is -1.15. The zero-order valence-electron chi connectivity index (χ0n) is 9.79. The third-order valence-corrected chi connectivity index (χ3v) is 3.20. The van der Waals surface area contributed by atoms with Gasteiger partial charge in [-0.1, -0.05) is 19.3 Å². The van der Waals surface area contributed by atoms with Crippen molar-refractivity contribution in [1.82, 2.24) is 0 Å². The van der Waals surface area contributed by atoms with Crippen molar-refractivity contribution in [2.45, 2.75) is 38.1 Å².